The van der Waals surface area contributed by atoms with Crippen LogP contribution in [0.25, 0.3) is 0 Å². The quantitative estimate of drug-likeness (QED) is 0.575. The SMILES string of the molecule is CCN(C)/C=N\c1cc(C)c(Nc2cccc3c2CCC3)cc1Cl. The van der Waals surface area contributed by atoms with Crippen LogP contribution in [-0.2, 0) is 12.8 Å². The molecule has 4 heteroatoms. The second-order valence-electron chi connectivity index (χ2n) is 6.36. The first-order valence-corrected chi connectivity index (χ1v) is 8.88. The Hall–Kier alpha value is -2.00. The van der Waals surface area contributed by atoms with Gasteiger partial charge in [0.15, 0.2) is 0 Å². The van der Waals surface area contributed by atoms with Gasteiger partial charge in [-0.25, -0.2) is 4.99 Å². The molecule has 0 atom stereocenters. The molecule has 0 fully saturated rings. The molecule has 1 aliphatic rings. The topological polar surface area (TPSA) is 27.6 Å². The maximum atomic E-state index is 6.44. The average Bonchev–Trinajstić information content (AvgIpc) is 3.06. The lowest BCUT2D eigenvalue weighted by molar-refractivity contribution is 0.552. The second kappa shape index (κ2) is 7.27. The van der Waals surface area contributed by atoms with Gasteiger partial charge >= 0.3 is 0 Å². The van der Waals surface area contributed by atoms with Gasteiger partial charge in [-0.1, -0.05) is 23.7 Å². The average molecular weight is 342 g/mol. The first-order chi connectivity index (χ1) is 11.6. The zero-order chi connectivity index (χ0) is 17.1. The summed E-state index contributed by atoms with van der Waals surface area (Å²) in [7, 11) is 2.00. The summed E-state index contributed by atoms with van der Waals surface area (Å²) in [5.41, 5.74) is 7.10. The monoisotopic (exact) mass is 341 g/mol. The van der Waals surface area contributed by atoms with Crippen LogP contribution in [0.2, 0.25) is 5.02 Å². The number of aliphatic imine (C=N–C) groups is 1. The van der Waals surface area contributed by atoms with E-state index in [-0.39, 0.29) is 0 Å². The van der Waals surface area contributed by atoms with Gasteiger partial charge in [-0.15, -0.1) is 0 Å². The van der Waals surface area contributed by atoms with Crippen molar-refractivity contribution in [3.8, 4) is 0 Å². The fourth-order valence-corrected chi connectivity index (χ4v) is 3.24. The normalized spacial score (nSPS) is 13.3. The number of fused-ring (bicyclic) bond motifs is 1. The number of rotatable bonds is 5. The van der Waals surface area contributed by atoms with Gasteiger partial charge in [0.05, 0.1) is 17.0 Å². The predicted octanol–water partition coefficient (Wildman–Crippen LogP) is 5.49. The molecule has 0 heterocycles. The highest BCUT2D eigenvalue weighted by Crippen LogP contribution is 2.35. The Balaban J connectivity index is 1.86. The summed E-state index contributed by atoms with van der Waals surface area (Å²) in [6, 6.07) is 10.5. The molecule has 0 saturated heterocycles. The molecule has 3 rings (SSSR count). The molecule has 2 aromatic carbocycles. The number of hydrogen-bond acceptors (Lipinski definition) is 2. The van der Waals surface area contributed by atoms with Crippen LogP contribution in [-0.4, -0.2) is 24.8 Å². The third-order valence-electron chi connectivity index (χ3n) is 4.60. The van der Waals surface area contributed by atoms with Gasteiger partial charge in [0.1, 0.15) is 0 Å². The molecule has 0 bridgehead atoms. The lowest BCUT2D eigenvalue weighted by Gasteiger charge is -2.15. The summed E-state index contributed by atoms with van der Waals surface area (Å²) in [5, 5.41) is 4.23. The van der Waals surface area contributed by atoms with E-state index in [1.165, 1.54) is 29.7 Å². The van der Waals surface area contributed by atoms with E-state index < -0.39 is 0 Å². The molecular formula is C20H24ClN3. The van der Waals surface area contributed by atoms with Crippen molar-refractivity contribution in [3.05, 3.63) is 52.0 Å². The van der Waals surface area contributed by atoms with Crippen molar-refractivity contribution >= 4 is 35.0 Å². The van der Waals surface area contributed by atoms with Gasteiger partial charge in [0, 0.05) is 25.0 Å². The molecule has 0 unspecified atom stereocenters. The number of hydrogen-bond donors (Lipinski definition) is 1. The van der Waals surface area contributed by atoms with Gasteiger partial charge in [-0.3, -0.25) is 0 Å². The van der Waals surface area contributed by atoms with Crippen LogP contribution in [0.3, 0.4) is 0 Å². The number of anilines is 2. The van der Waals surface area contributed by atoms with E-state index in [1.807, 2.05) is 30.4 Å². The van der Waals surface area contributed by atoms with Crippen molar-refractivity contribution in [3.63, 3.8) is 0 Å². The van der Waals surface area contributed by atoms with Crippen LogP contribution in [0.5, 0.6) is 0 Å². The van der Waals surface area contributed by atoms with Crippen molar-refractivity contribution in [2.24, 2.45) is 4.99 Å². The van der Waals surface area contributed by atoms with E-state index in [0.29, 0.717) is 5.02 Å². The Labute approximate surface area is 149 Å². The molecule has 0 spiro atoms. The number of aryl methyl sites for hydroxylation is 2. The molecule has 0 aromatic heterocycles. The summed E-state index contributed by atoms with van der Waals surface area (Å²) in [4.78, 5) is 6.50. The zero-order valence-electron chi connectivity index (χ0n) is 14.6. The minimum absolute atomic E-state index is 0.663. The number of halogens is 1. The number of nitrogens with zero attached hydrogens (tertiary/aromatic N) is 2. The van der Waals surface area contributed by atoms with Crippen molar-refractivity contribution in [2.45, 2.75) is 33.1 Å². The molecule has 126 valence electrons. The second-order valence-corrected chi connectivity index (χ2v) is 6.77. The maximum absolute atomic E-state index is 6.44. The molecule has 24 heavy (non-hydrogen) atoms. The van der Waals surface area contributed by atoms with Crippen molar-refractivity contribution < 1.29 is 0 Å². The Morgan fingerprint density at radius 1 is 1.25 bits per heavy atom. The third-order valence-corrected chi connectivity index (χ3v) is 4.90. The van der Waals surface area contributed by atoms with Gasteiger partial charge < -0.3 is 10.2 Å². The van der Waals surface area contributed by atoms with Crippen molar-refractivity contribution in [1.29, 1.82) is 0 Å². The van der Waals surface area contributed by atoms with E-state index in [0.717, 1.165) is 29.9 Å². The Morgan fingerprint density at radius 2 is 2.08 bits per heavy atom. The lowest BCUT2D eigenvalue weighted by atomic mass is 10.1. The van der Waals surface area contributed by atoms with Gasteiger partial charge in [0.2, 0.25) is 0 Å². The molecule has 0 radical (unpaired) electrons. The minimum Gasteiger partial charge on any atom is -0.366 e. The van der Waals surface area contributed by atoms with Crippen LogP contribution in [0.4, 0.5) is 17.1 Å². The van der Waals surface area contributed by atoms with Gasteiger partial charge in [-0.2, -0.15) is 0 Å². The first-order valence-electron chi connectivity index (χ1n) is 8.51. The van der Waals surface area contributed by atoms with E-state index in [9.17, 15) is 0 Å². The van der Waals surface area contributed by atoms with E-state index in [4.69, 9.17) is 11.6 Å². The van der Waals surface area contributed by atoms with E-state index >= 15 is 0 Å². The molecule has 1 aliphatic carbocycles. The number of nitrogens with one attached hydrogen (secondary N) is 1. The Morgan fingerprint density at radius 3 is 2.88 bits per heavy atom. The molecule has 3 nitrogen and oxygen atoms in total. The van der Waals surface area contributed by atoms with Crippen LogP contribution in [0.1, 0.15) is 30.0 Å². The summed E-state index contributed by atoms with van der Waals surface area (Å²) >= 11 is 6.44. The highest BCUT2D eigenvalue weighted by molar-refractivity contribution is 6.33. The standard InChI is InChI=1S/C20H24ClN3/c1-4-24(3)13-22-20-11-14(2)19(12-17(20)21)23-18-10-6-8-15-7-5-9-16(15)18/h6,8,10-13,23H,4-5,7,9H2,1-3H3/b22-13-. The largest absolute Gasteiger partial charge is 0.366 e. The maximum Gasteiger partial charge on any atom is 0.0910 e. The summed E-state index contributed by atoms with van der Waals surface area (Å²) in [5.74, 6) is 0. The highest BCUT2D eigenvalue weighted by atomic mass is 35.5. The van der Waals surface area contributed by atoms with E-state index in [1.54, 1.807) is 0 Å². The predicted molar refractivity (Wildman–Crippen MR) is 104 cm³/mol. The zero-order valence-corrected chi connectivity index (χ0v) is 15.3. The summed E-state index contributed by atoms with van der Waals surface area (Å²) in [6.07, 6.45) is 5.39. The fourth-order valence-electron chi connectivity index (χ4n) is 3.02. The Kier molecular flexibility index (Phi) is 5.10. The van der Waals surface area contributed by atoms with Crippen LogP contribution in [0.15, 0.2) is 35.3 Å². The van der Waals surface area contributed by atoms with Crippen LogP contribution in [0, 0.1) is 6.92 Å². The highest BCUT2D eigenvalue weighted by Gasteiger charge is 2.15. The fraction of sp³-hybridized carbons (Fsp3) is 0.350. The third kappa shape index (κ3) is 3.57. The molecular weight excluding hydrogens is 318 g/mol. The molecule has 0 aliphatic heterocycles. The minimum atomic E-state index is 0.663. The van der Waals surface area contributed by atoms with Gasteiger partial charge in [0.25, 0.3) is 0 Å². The molecule has 0 amide bonds. The molecule has 1 N–H and O–H groups in total. The first kappa shape index (κ1) is 16.8. The summed E-state index contributed by atoms with van der Waals surface area (Å²) < 4.78 is 0. The lowest BCUT2D eigenvalue weighted by Crippen LogP contribution is -2.14. The van der Waals surface area contributed by atoms with E-state index in [2.05, 4.69) is 42.4 Å². The smallest absolute Gasteiger partial charge is 0.0910 e. The van der Waals surface area contributed by atoms with Crippen molar-refractivity contribution in [2.75, 3.05) is 18.9 Å². The number of benzene rings is 2. The molecule has 0 saturated carbocycles. The van der Waals surface area contributed by atoms with Crippen LogP contribution >= 0.6 is 11.6 Å². The van der Waals surface area contributed by atoms with Crippen molar-refractivity contribution in [1.82, 2.24) is 4.90 Å². The Bertz CT molecular complexity index is 768. The van der Waals surface area contributed by atoms with Gasteiger partial charge in [-0.05, 0) is 68.0 Å². The van der Waals surface area contributed by atoms with Crippen LogP contribution < -0.4 is 5.32 Å². The summed E-state index contributed by atoms with van der Waals surface area (Å²) in [6.45, 7) is 5.09. The molecule has 2 aromatic rings.